The van der Waals surface area contributed by atoms with Crippen LogP contribution < -0.4 is 4.89 Å². The number of benzene rings is 2. The normalized spacial score (nSPS) is 11.1. The highest BCUT2D eigenvalue weighted by molar-refractivity contribution is 6.12. The fraction of sp³-hybridized carbons (Fsp3) is 0.222. The van der Waals surface area contributed by atoms with E-state index in [4.69, 9.17) is 9.78 Å². The molecule has 2 aromatic carbocycles. The van der Waals surface area contributed by atoms with Gasteiger partial charge < -0.3 is 9.99 Å². The molecule has 5 heteroatoms. The van der Waals surface area contributed by atoms with Gasteiger partial charge in [-0.25, -0.2) is 4.79 Å². The van der Waals surface area contributed by atoms with Crippen molar-refractivity contribution in [3.63, 3.8) is 0 Å². The Morgan fingerprint density at radius 3 is 2.09 bits per heavy atom. The summed E-state index contributed by atoms with van der Waals surface area (Å²) in [7, 11) is 0. The maximum Gasteiger partial charge on any atom is 0.339 e. The van der Waals surface area contributed by atoms with Crippen LogP contribution in [0.3, 0.4) is 0 Å². The third kappa shape index (κ3) is 4.17. The minimum absolute atomic E-state index is 0.0937. The molecule has 0 unspecified atom stereocenters. The number of carbonyl (C=O) groups excluding carboxylic acids is 1. The molecular weight excluding hydrogens is 296 g/mol. The molecule has 23 heavy (non-hydrogen) atoms. The van der Waals surface area contributed by atoms with Crippen LogP contribution >= 0.6 is 0 Å². The second-order valence-corrected chi connectivity index (χ2v) is 5.96. The Morgan fingerprint density at radius 2 is 1.52 bits per heavy atom. The number of para-hydroxylation sites is 1. The number of rotatable bonds is 5. The van der Waals surface area contributed by atoms with Crippen molar-refractivity contribution in [1.29, 1.82) is 0 Å². The van der Waals surface area contributed by atoms with Crippen molar-refractivity contribution < 1.29 is 24.5 Å². The highest BCUT2D eigenvalue weighted by Gasteiger charge is 2.24. The molecule has 0 aliphatic carbocycles. The zero-order valence-electron chi connectivity index (χ0n) is 13.2. The van der Waals surface area contributed by atoms with Gasteiger partial charge in [-0.05, 0) is 32.9 Å². The lowest BCUT2D eigenvalue weighted by Crippen LogP contribution is -2.23. The number of carboxylic acid groups (broad SMARTS) is 1. The zero-order chi connectivity index (χ0) is 17.0. The number of carbonyl (C=O) groups is 2. The van der Waals surface area contributed by atoms with Crippen molar-refractivity contribution in [3.8, 4) is 5.75 Å². The summed E-state index contributed by atoms with van der Waals surface area (Å²) < 4.78 is 0. The second kappa shape index (κ2) is 6.62. The van der Waals surface area contributed by atoms with Gasteiger partial charge in [-0.1, -0.05) is 36.4 Å². The van der Waals surface area contributed by atoms with Gasteiger partial charge in [-0.15, -0.1) is 0 Å². The Bertz CT molecular complexity index is 714. The van der Waals surface area contributed by atoms with Crippen LogP contribution in [0.4, 0.5) is 0 Å². The fourth-order valence-electron chi connectivity index (χ4n) is 1.89. The monoisotopic (exact) mass is 314 g/mol. The first-order chi connectivity index (χ1) is 10.8. The summed E-state index contributed by atoms with van der Waals surface area (Å²) in [6, 6.07) is 13.0. The SMILES string of the molecule is CC(C)(C)OOc1c(C(=O)O)cccc1C(=O)c1ccccc1. The van der Waals surface area contributed by atoms with Crippen molar-refractivity contribution in [1.82, 2.24) is 0 Å². The van der Waals surface area contributed by atoms with E-state index >= 15 is 0 Å². The van der Waals surface area contributed by atoms with E-state index in [9.17, 15) is 14.7 Å². The van der Waals surface area contributed by atoms with Gasteiger partial charge in [0.05, 0.1) is 5.56 Å². The molecule has 0 heterocycles. The lowest BCUT2D eigenvalue weighted by atomic mass is 10.00. The number of aromatic carboxylic acids is 1. The molecule has 0 radical (unpaired) electrons. The quantitative estimate of drug-likeness (QED) is 0.517. The standard InChI is InChI=1S/C18H18O5/c1-18(2,3)23-22-16-13(10-7-11-14(16)17(20)21)15(19)12-8-5-4-6-9-12/h4-11H,1-3H3,(H,20,21). The van der Waals surface area contributed by atoms with E-state index in [1.54, 1.807) is 51.1 Å². The minimum atomic E-state index is -1.19. The summed E-state index contributed by atoms with van der Waals surface area (Å²) in [5, 5.41) is 9.33. The molecular formula is C18H18O5. The Balaban J connectivity index is 2.48. The van der Waals surface area contributed by atoms with E-state index in [-0.39, 0.29) is 22.7 Å². The first-order valence-corrected chi connectivity index (χ1v) is 7.11. The van der Waals surface area contributed by atoms with Crippen LogP contribution in [-0.2, 0) is 4.89 Å². The van der Waals surface area contributed by atoms with Gasteiger partial charge in [-0.3, -0.25) is 4.79 Å². The lowest BCUT2D eigenvalue weighted by molar-refractivity contribution is -0.274. The minimum Gasteiger partial charge on any atom is -0.478 e. The van der Waals surface area contributed by atoms with Gasteiger partial charge in [0.2, 0.25) is 0 Å². The summed E-state index contributed by atoms with van der Waals surface area (Å²) in [5.74, 6) is -1.62. The van der Waals surface area contributed by atoms with Crippen LogP contribution in [0, 0.1) is 0 Å². The van der Waals surface area contributed by atoms with E-state index < -0.39 is 11.6 Å². The summed E-state index contributed by atoms with van der Waals surface area (Å²) >= 11 is 0. The van der Waals surface area contributed by atoms with Crippen molar-refractivity contribution in [2.75, 3.05) is 0 Å². The van der Waals surface area contributed by atoms with Gasteiger partial charge in [-0.2, -0.15) is 4.89 Å². The molecule has 0 aliphatic rings. The van der Waals surface area contributed by atoms with Gasteiger partial charge in [0.25, 0.3) is 0 Å². The smallest absolute Gasteiger partial charge is 0.339 e. The van der Waals surface area contributed by atoms with Crippen LogP contribution in [0.2, 0.25) is 0 Å². The predicted octanol–water partition coefficient (Wildman–Crippen LogP) is 3.72. The second-order valence-electron chi connectivity index (χ2n) is 5.96. The molecule has 0 saturated carbocycles. The highest BCUT2D eigenvalue weighted by atomic mass is 17.2. The van der Waals surface area contributed by atoms with Gasteiger partial charge in [0.1, 0.15) is 11.2 Å². The van der Waals surface area contributed by atoms with Crippen LogP contribution in [0.25, 0.3) is 0 Å². The van der Waals surface area contributed by atoms with Crippen molar-refractivity contribution in [2.24, 2.45) is 0 Å². The maximum atomic E-state index is 12.6. The number of carboxylic acids is 1. The number of ketones is 1. The highest BCUT2D eigenvalue weighted by Crippen LogP contribution is 2.28. The molecule has 0 atom stereocenters. The van der Waals surface area contributed by atoms with E-state index in [0.29, 0.717) is 5.56 Å². The van der Waals surface area contributed by atoms with Crippen LogP contribution in [0.15, 0.2) is 48.5 Å². The molecule has 0 aliphatic heterocycles. The molecule has 120 valence electrons. The average molecular weight is 314 g/mol. The summed E-state index contributed by atoms with van der Waals surface area (Å²) in [6.45, 7) is 5.28. The van der Waals surface area contributed by atoms with Gasteiger partial charge in [0, 0.05) is 5.56 Å². The Kier molecular flexibility index (Phi) is 4.81. The Labute approximate surface area is 134 Å². The van der Waals surface area contributed by atoms with Gasteiger partial charge >= 0.3 is 5.97 Å². The summed E-state index contributed by atoms with van der Waals surface area (Å²) in [5.41, 5.74) is -0.203. The Morgan fingerprint density at radius 1 is 0.913 bits per heavy atom. The molecule has 0 fully saturated rings. The first kappa shape index (κ1) is 16.7. The van der Waals surface area contributed by atoms with Crippen LogP contribution in [0.5, 0.6) is 5.75 Å². The van der Waals surface area contributed by atoms with E-state index in [0.717, 1.165) is 0 Å². The number of hydrogen-bond donors (Lipinski definition) is 1. The molecule has 2 rings (SSSR count). The first-order valence-electron chi connectivity index (χ1n) is 7.11. The van der Waals surface area contributed by atoms with Gasteiger partial charge in [0.15, 0.2) is 11.5 Å². The average Bonchev–Trinajstić information content (AvgIpc) is 2.52. The summed E-state index contributed by atoms with van der Waals surface area (Å²) in [6.07, 6.45) is 0. The third-order valence-electron chi connectivity index (χ3n) is 2.90. The van der Waals surface area contributed by atoms with Crippen molar-refractivity contribution >= 4 is 11.8 Å². The van der Waals surface area contributed by atoms with Crippen molar-refractivity contribution in [3.05, 3.63) is 65.2 Å². The molecule has 0 aromatic heterocycles. The van der Waals surface area contributed by atoms with Crippen LogP contribution in [-0.4, -0.2) is 22.5 Å². The molecule has 0 saturated heterocycles. The molecule has 2 aromatic rings. The topological polar surface area (TPSA) is 72.8 Å². The van der Waals surface area contributed by atoms with E-state index in [1.165, 1.54) is 18.2 Å². The summed E-state index contributed by atoms with van der Waals surface area (Å²) in [4.78, 5) is 34.5. The lowest BCUT2D eigenvalue weighted by Gasteiger charge is -2.20. The van der Waals surface area contributed by atoms with E-state index in [1.807, 2.05) is 0 Å². The van der Waals surface area contributed by atoms with Crippen LogP contribution in [0.1, 0.15) is 47.1 Å². The zero-order valence-corrected chi connectivity index (χ0v) is 13.2. The number of hydrogen-bond acceptors (Lipinski definition) is 4. The molecule has 5 nitrogen and oxygen atoms in total. The molecule has 0 amide bonds. The predicted molar refractivity (Wildman–Crippen MR) is 84.7 cm³/mol. The van der Waals surface area contributed by atoms with E-state index in [2.05, 4.69) is 0 Å². The molecule has 0 spiro atoms. The molecule has 0 bridgehead atoms. The molecule has 1 N–H and O–H groups in total. The van der Waals surface area contributed by atoms with Crippen molar-refractivity contribution in [2.45, 2.75) is 26.4 Å². The largest absolute Gasteiger partial charge is 0.478 e. The Hall–Kier alpha value is -2.66. The fourth-order valence-corrected chi connectivity index (χ4v) is 1.89. The third-order valence-corrected chi connectivity index (χ3v) is 2.90. The maximum absolute atomic E-state index is 12.6.